The summed E-state index contributed by atoms with van der Waals surface area (Å²) in [6, 6.07) is 8.27. The quantitative estimate of drug-likeness (QED) is 0.481. The monoisotopic (exact) mass is 532 g/mol. The lowest BCUT2D eigenvalue weighted by Crippen LogP contribution is -2.51. The highest BCUT2D eigenvalue weighted by Crippen LogP contribution is 2.33. The first-order valence-corrected chi connectivity index (χ1v) is 11.6. The highest BCUT2D eigenvalue weighted by Gasteiger charge is 2.38. The van der Waals surface area contributed by atoms with E-state index in [1.54, 1.807) is 4.90 Å². The minimum absolute atomic E-state index is 0.109. The number of hydrogen-bond donors (Lipinski definition) is 1. The van der Waals surface area contributed by atoms with Crippen LogP contribution in [0.1, 0.15) is 44.3 Å². The molecule has 8 nitrogen and oxygen atoms in total. The Bertz CT molecular complexity index is 1320. The van der Waals surface area contributed by atoms with E-state index >= 15 is 0 Å². The van der Waals surface area contributed by atoms with E-state index in [1.807, 2.05) is 0 Å². The molecule has 0 radical (unpaired) electrons. The van der Waals surface area contributed by atoms with Crippen molar-refractivity contribution in [1.29, 1.82) is 0 Å². The van der Waals surface area contributed by atoms with Gasteiger partial charge in [0, 0.05) is 43.5 Å². The highest BCUT2D eigenvalue weighted by molar-refractivity contribution is 5.95. The average molecular weight is 532 g/mol. The fourth-order valence-electron chi connectivity index (χ4n) is 4.44. The molecule has 3 aromatic rings. The second-order valence-corrected chi connectivity index (χ2v) is 8.61. The van der Waals surface area contributed by atoms with Crippen LogP contribution in [0.2, 0.25) is 0 Å². The maximum absolute atomic E-state index is 13.6. The SMILES string of the molecule is COc1cc(C(=O)N2CC[C@@H](NC(=O)c3ncccc3C(F)(F)F)[C@@H](c3ccc(F)cc3)C2)cnc1OC. The number of amides is 2. The second-order valence-electron chi connectivity index (χ2n) is 8.61. The Labute approximate surface area is 215 Å². The topological polar surface area (TPSA) is 93.7 Å². The first-order valence-electron chi connectivity index (χ1n) is 11.6. The molecule has 1 N–H and O–H groups in total. The van der Waals surface area contributed by atoms with Gasteiger partial charge < -0.3 is 19.7 Å². The van der Waals surface area contributed by atoms with Crippen molar-refractivity contribution < 1.29 is 36.6 Å². The Morgan fingerprint density at radius 2 is 1.82 bits per heavy atom. The molecular weight excluding hydrogens is 508 g/mol. The van der Waals surface area contributed by atoms with Crippen molar-refractivity contribution in [2.75, 3.05) is 27.3 Å². The third kappa shape index (κ3) is 5.68. The minimum atomic E-state index is -4.76. The van der Waals surface area contributed by atoms with Gasteiger partial charge in [-0.3, -0.25) is 14.6 Å². The van der Waals surface area contributed by atoms with Crippen LogP contribution in [0.5, 0.6) is 11.6 Å². The predicted molar refractivity (Wildman–Crippen MR) is 127 cm³/mol. The van der Waals surface area contributed by atoms with Crippen LogP contribution in [0, 0.1) is 5.82 Å². The molecule has 0 bridgehead atoms. The molecule has 3 heterocycles. The summed E-state index contributed by atoms with van der Waals surface area (Å²) < 4.78 is 64.3. The van der Waals surface area contributed by atoms with Crippen molar-refractivity contribution >= 4 is 11.8 Å². The molecule has 38 heavy (non-hydrogen) atoms. The summed E-state index contributed by atoms with van der Waals surface area (Å²) in [5.74, 6) is -1.88. The molecule has 4 rings (SSSR count). The van der Waals surface area contributed by atoms with E-state index in [2.05, 4.69) is 15.3 Å². The molecule has 0 spiro atoms. The maximum Gasteiger partial charge on any atom is 0.418 e. The van der Waals surface area contributed by atoms with E-state index in [1.165, 1.54) is 50.7 Å². The molecule has 0 saturated carbocycles. The van der Waals surface area contributed by atoms with Crippen LogP contribution >= 0.6 is 0 Å². The van der Waals surface area contributed by atoms with Crippen LogP contribution < -0.4 is 14.8 Å². The number of rotatable bonds is 6. The number of likely N-dealkylation sites (tertiary alicyclic amines) is 1. The zero-order valence-electron chi connectivity index (χ0n) is 20.5. The van der Waals surface area contributed by atoms with Crippen molar-refractivity contribution in [3.63, 3.8) is 0 Å². The zero-order chi connectivity index (χ0) is 27.4. The number of carbonyl (C=O) groups excluding carboxylic acids is 2. The lowest BCUT2D eigenvalue weighted by atomic mass is 9.85. The number of hydrogen-bond acceptors (Lipinski definition) is 6. The third-order valence-corrected chi connectivity index (χ3v) is 6.32. The molecule has 1 aliphatic heterocycles. The molecule has 2 atom stereocenters. The first kappa shape index (κ1) is 26.8. The van der Waals surface area contributed by atoms with Crippen molar-refractivity contribution in [3.8, 4) is 11.6 Å². The molecule has 1 saturated heterocycles. The van der Waals surface area contributed by atoms with Crippen LogP contribution in [0.4, 0.5) is 17.6 Å². The molecule has 200 valence electrons. The van der Waals surface area contributed by atoms with Crippen molar-refractivity contribution in [2.24, 2.45) is 0 Å². The largest absolute Gasteiger partial charge is 0.491 e. The number of carbonyl (C=O) groups is 2. The fraction of sp³-hybridized carbons (Fsp3) is 0.308. The van der Waals surface area contributed by atoms with Gasteiger partial charge in [-0.05, 0) is 36.2 Å². The molecule has 2 amide bonds. The van der Waals surface area contributed by atoms with Crippen molar-refractivity contribution in [3.05, 3.63) is 83.1 Å². The van der Waals surface area contributed by atoms with Gasteiger partial charge in [0.05, 0.1) is 25.3 Å². The van der Waals surface area contributed by atoms with Crippen LogP contribution in [0.25, 0.3) is 0 Å². The summed E-state index contributed by atoms with van der Waals surface area (Å²) in [6.07, 6.45) is -2.07. The molecule has 0 aliphatic carbocycles. The summed E-state index contributed by atoms with van der Waals surface area (Å²) >= 11 is 0. The number of pyridine rings is 2. The second kappa shape index (κ2) is 11.0. The lowest BCUT2D eigenvalue weighted by molar-refractivity contribution is -0.138. The Hall–Kier alpha value is -4.22. The lowest BCUT2D eigenvalue weighted by Gasteiger charge is -2.39. The van der Waals surface area contributed by atoms with Crippen LogP contribution in [-0.2, 0) is 6.18 Å². The normalized spacial score (nSPS) is 17.6. The Kier molecular flexibility index (Phi) is 7.79. The highest BCUT2D eigenvalue weighted by atomic mass is 19.4. The zero-order valence-corrected chi connectivity index (χ0v) is 20.5. The number of ether oxygens (including phenoxy) is 2. The van der Waals surface area contributed by atoms with Gasteiger partial charge in [0.2, 0.25) is 0 Å². The van der Waals surface area contributed by atoms with Gasteiger partial charge in [-0.2, -0.15) is 13.2 Å². The number of piperidine rings is 1. The van der Waals surface area contributed by atoms with Gasteiger partial charge >= 0.3 is 6.18 Å². The van der Waals surface area contributed by atoms with Crippen LogP contribution in [-0.4, -0.2) is 60.0 Å². The van der Waals surface area contributed by atoms with Crippen LogP contribution in [0.3, 0.4) is 0 Å². The average Bonchev–Trinajstić information content (AvgIpc) is 2.92. The Balaban J connectivity index is 1.60. The van der Waals surface area contributed by atoms with Gasteiger partial charge in [0.25, 0.3) is 17.7 Å². The Morgan fingerprint density at radius 1 is 1.08 bits per heavy atom. The van der Waals surface area contributed by atoms with Gasteiger partial charge in [-0.1, -0.05) is 12.1 Å². The fourth-order valence-corrected chi connectivity index (χ4v) is 4.44. The van der Waals surface area contributed by atoms with Crippen molar-refractivity contribution in [1.82, 2.24) is 20.2 Å². The first-order chi connectivity index (χ1) is 18.1. The number of halogens is 4. The smallest absolute Gasteiger partial charge is 0.418 e. The summed E-state index contributed by atoms with van der Waals surface area (Å²) in [4.78, 5) is 35.5. The maximum atomic E-state index is 13.6. The summed E-state index contributed by atoms with van der Waals surface area (Å²) in [6.45, 7) is 0.308. The number of alkyl halides is 3. The summed E-state index contributed by atoms with van der Waals surface area (Å²) in [5, 5.41) is 2.66. The number of aromatic nitrogens is 2. The number of nitrogens with one attached hydrogen (secondary N) is 1. The number of nitrogens with zero attached hydrogens (tertiary/aromatic N) is 3. The van der Waals surface area contributed by atoms with E-state index in [4.69, 9.17) is 9.47 Å². The van der Waals surface area contributed by atoms with Gasteiger partial charge in [0.15, 0.2) is 5.75 Å². The Morgan fingerprint density at radius 3 is 2.47 bits per heavy atom. The third-order valence-electron chi connectivity index (χ3n) is 6.32. The van der Waals surface area contributed by atoms with E-state index in [-0.39, 0.29) is 42.6 Å². The molecule has 0 unspecified atom stereocenters. The molecule has 1 fully saturated rings. The van der Waals surface area contributed by atoms with Gasteiger partial charge in [-0.25, -0.2) is 9.37 Å². The van der Waals surface area contributed by atoms with Gasteiger partial charge in [-0.15, -0.1) is 0 Å². The van der Waals surface area contributed by atoms with E-state index < -0.39 is 41.1 Å². The van der Waals surface area contributed by atoms with Gasteiger partial charge in [0.1, 0.15) is 11.5 Å². The van der Waals surface area contributed by atoms with Crippen LogP contribution in [0.15, 0.2) is 54.9 Å². The summed E-state index contributed by atoms with van der Waals surface area (Å²) in [7, 11) is 2.83. The van der Waals surface area contributed by atoms with E-state index in [0.29, 0.717) is 5.56 Å². The summed E-state index contributed by atoms with van der Waals surface area (Å²) in [5.41, 5.74) is -1.04. The number of methoxy groups -OCH3 is 2. The number of benzene rings is 1. The predicted octanol–water partition coefficient (Wildman–Crippen LogP) is 4.08. The molecule has 1 aliphatic rings. The molecular formula is C26H24F4N4O4. The minimum Gasteiger partial charge on any atom is -0.491 e. The van der Waals surface area contributed by atoms with E-state index in [9.17, 15) is 27.2 Å². The molecule has 1 aromatic carbocycles. The molecule has 12 heteroatoms. The standard InChI is InChI=1S/C26H24F4N4O4/c1-37-21-12-16(13-32-24(21)38-2)25(36)34-11-9-20(18(14-34)15-5-7-17(27)8-6-15)33-23(35)22-19(26(28,29)30)4-3-10-31-22/h3-8,10,12-13,18,20H,9,11,14H2,1-2H3,(H,33,35)/t18-,20-/m1/s1. The van der Waals surface area contributed by atoms with E-state index in [0.717, 1.165) is 18.3 Å². The van der Waals surface area contributed by atoms with Crippen molar-refractivity contribution in [2.45, 2.75) is 24.6 Å². The molecule has 2 aromatic heterocycles.